The van der Waals surface area contributed by atoms with Crippen molar-refractivity contribution in [2.45, 2.75) is 6.04 Å². The first-order chi connectivity index (χ1) is 10.6. The average molecular weight is 383 g/mol. The molecule has 1 aliphatic heterocycles. The van der Waals surface area contributed by atoms with Crippen LogP contribution in [-0.2, 0) is 4.79 Å². The van der Waals surface area contributed by atoms with Crippen molar-refractivity contribution in [3.05, 3.63) is 57.0 Å². The van der Waals surface area contributed by atoms with Crippen molar-refractivity contribution in [3.8, 4) is 0 Å². The van der Waals surface area contributed by atoms with Gasteiger partial charge in [-0.05, 0) is 40.2 Å². The number of rotatable bonds is 2. The molecule has 0 saturated carbocycles. The summed E-state index contributed by atoms with van der Waals surface area (Å²) in [4.78, 5) is 19.6. The second-order valence-electron chi connectivity index (χ2n) is 4.69. The molecule has 112 valence electrons. The Balaban J connectivity index is 2.27. The van der Waals surface area contributed by atoms with Crippen molar-refractivity contribution >= 4 is 45.2 Å². The Morgan fingerprint density at radius 3 is 2.95 bits per heavy atom. The molecule has 0 spiro atoms. The molecule has 1 aromatic carbocycles. The number of hydrogen-bond acceptors (Lipinski definition) is 4. The minimum Gasteiger partial charge on any atom is -0.373 e. The number of aldehydes is 1. The maximum atomic E-state index is 14.1. The fourth-order valence-corrected chi connectivity index (χ4v) is 2.83. The summed E-state index contributed by atoms with van der Waals surface area (Å²) >= 11 is 9.72. The molecule has 7 heteroatoms. The van der Waals surface area contributed by atoms with E-state index in [-0.39, 0.29) is 12.2 Å². The number of benzodiazepines with no additional fused rings is 1. The van der Waals surface area contributed by atoms with Gasteiger partial charge in [0.2, 0.25) is 0 Å². The summed E-state index contributed by atoms with van der Waals surface area (Å²) in [5, 5.41) is 3.45. The molecule has 0 aliphatic carbocycles. The van der Waals surface area contributed by atoms with Crippen molar-refractivity contribution in [2.24, 2.45) is 4.99 Å². The third kappa shape index (κ3) is 2.64. The minimum absolute atomic E-state index is 0.108. The fourth-order valence-electron chi connectivity index (χ4n) is 2.25. The zero-order valence-electron chi connectivity index (χ0n) is 11.2. The molecule has 1 atom stereocenters. The molecule has 0 saturated heterocycles. The molecule has 22 heavy (non-hydrogen) atoms. The Bertz CT molecular complexity index is 781. The number of anilines is 1. The van der Waals surface area contributed by atoms with E-state index >= 15 is 0 Å². The Morgan fingerprint density at radius 1 is 1.41 bits per heavy atom. The van der Waals surface area contributed by atoms with Gasteiger partial charge in [-0.25, -0.2) is 4.39 Å². The van der Waals surface area contributed by atoms with E-state index in [4.69, 9.17) is 11.6 Å². The predicted octanol–water partition coefficient (Wildman–Crippen LogP) is 3.47. The second kappa shape index (κ2) is 6.14. The lowest BCUT2D eigenvalue weighted by Gasteiger charge is -2.14. The molecule has 1 N–H and O–H groups in total. The maximum Gasteiger partial charge on any atom is 0.151 e. The van der Waals surface area contributed by atoms with E-state index in [1.165, 1.54) is 18.3 Å². The Morgan fingerprint density at radius 2 is 2.23 bits per heavy atom. The standard InChI is InChI=1S/C15H10BrClFN3O/c16-9-3-4-11-12(13(9)17)15(20-6-8(7-22)21-11)14-10(18)2-1-5-19-14/h1-5,7-8,21H,6H2. The highest BCUT2D eigenvalue weighted by Crippen LogP contribution is 2.35. The molecule has 1 unspecified atom stereocenters. The Labute approximate surface area is 139 Å². The minimum atomic E-state index is -0.500. The molecule has 0 bridgehead atoms. The topological polar surface area (TPSA) is 54.4 Å². The lowest BCUT2D eigenvalue weighted by molar-refractivity contribution is -0.108. The normalized spacial score (nSPS) is 17.0. The summed E-state index contributed by atoms with van der Waals surface area (Å²) in [5.41, 5.74) is 1.58. The van der Waals surface area contributed by atoms with E-state index in [0.717, 1.165) is 6.29 Å². The fraction of sp³-hybridized carbons (Fsp3) is 0.133. The molecule has 0 radical (unpaired) electrons. The molecular formula is C15H10BrClFN3O. The van der Waals surface area contributed by atoms with Gasteiger partial charge in [0.25, 0.3) is 0 Å². The third-order valence-electron chi connectivity index (χ3n) is 3.27. The van der Waals surface area contributed by atoms with E-state index < -0.39 is 11.9 Å². The number of aliphatic imine (C=N–C) groups is 1. The monoisotopic (exact) mass is 381 g/mol. The Hall–Kier alpha value is -1.79. The van der Waals surface area contributed by atoms with Crippen LogP contribution in [0.25, 0.3) is 0 Å². The first-order valence-electron chi connectivity index (χ1n) is 6.47. The second-order valence-corrected chi connectivity index (χ2v) is 5.93. The number of pyridine rings is 1. The van der Waals surface area contributed by atoms with Gasteiger partial charge in [-0.3, -0.25) is 9.98 Å². The number of carbonyl (C=O) groups excluding carboxylic acids is 1. The molecule has 3 rings (SSSR count). The number of nitrogens with one attached hydrogen (secondary N) is 1. The highest BCUT2D eigenvalue weighted by molar-refractivity contribution is 9.10. The van der Waals surface area contributed by atoms with Crippen LogP contribution < -0.4 is 5.32 Å². The van der Waals surface area contributed by atoms with Gasteiger partial charge in [0, 0.05) is 21.9 Å². The maximum absolute atomic E-state index is 14.1. The van der Waals surface area contributed by atoms with Crippen LogP contribution in [0, 0.1) is 5.82 Å². The number of hydrogen-bond donors (Lipinski definition) is 1. The van der Waals surface area contributed by atoms with Gasteiger partial charge in [-0.2, -0.15) is 0 Å². The molecular weight excluding hydrogens is 373 g/mol. The van der Waals surface area contributed by atoms with Crippen LogP contribution in [0.1, 0.15) is 11.3 Å². The molecule has 1 aliphatic rings. The van der Waals surface area contributed by atoms with Crippen LogP contribution in [0.2, 0.25) is 5.02 Å². The van der Waals surface area contributed by atoms with Crippen LogP contribution in [0.4, 0.5) is 10.1 Å². The summed E-state index contributed by atoms with van der Waals surface area (Å²) < 4.78 is 14.8. The largest absolute Gasteiger partial charge is 0.373 e. The van der Waals surface area contributed by atoms with E-state index in [1.54, 1.807) is 12.1 Å². The number of halogens is 3. The quantitative estimate of drug-likeness (QED) is 0.809. The van der Waals surface area contributed by atoms with Crippen LogP contribution in [0.15, 0.2) is 39.9 Å². The Kier molecular flexibility index (Phi) is 4.22. The highest BCUT2D eigenvalue weighted by Gasteiger charge is 2.25. The first-order valence-corrected chi connectivity index (χ1v) is 7.64. The lowest BCUT2D eigenvalue weighted by Crippen LogP contribution is -2.23. The smallest absolute Gasteiger partial charge is 0.151 e. The van der Waals surface area contributed by atoms with Crippen LogP contribution in [0.3, 0.4) is 0 Å². The third-order valence-corrected chi connectivity index (χ3v) is 4.55. The molecule has 2 aromatic rings. The molecule has 0 amide bonds. The lowest BCUT2D eigenvalue weighted by atomic mass is 10.0. The summed E-state index contributed by atoms with van der Waals surface area (Å²) in [6.07, 6.45) is 2.25. The van der Waals surface area contributed by atoms with Crippen molar-refractivity contribution in [1.82, 2.24) is 4.98 Å². The van der Waals surface area contributed by atoms with E-state index in [0.29, 0.717) is 26.5 Å². The van der Waals surface area contributed by atoms with Gasteiger partial charge in [-0.1, -0.05) is 11.6 Å². The number of carbonyl (C=O) groups is 1. The van der Waals surface area contributed by atoms with Crippen molar-refractivity contribution in [2.75, 3.05) is 11.9 Å². The molecule has 0 fully saturated rings. The van der Waals surface area contributed by atoms with Crippen LogP contribution in [0.5, 0.6) is 0 Å². The zero-order chi connectivity index (χ0) is 15.7. The summed E-state index contributed by atoms with van der Waals surface area (Å²) in [6, 6.07) is 5.84. The van der Waals surface area contributed by atoms with Crippen LogP contribution >= 0.6 is 27.5 Å². The van der Waals surface area contributed by atoms with E-state index in [2.05, 4.69) is 31.2 Å². The zero-order valence-corrected chi connectivity index (χ0v) is 13.5. The summed E-state index contributed by atoms with van der Waals surface area (Å²) in [7, 11) is 0. The molecule has 1 aromatic heterocycles. The van der Waals surface area contributed by atoms with Crippen molar-refractivity contribution < 1.29 is 9.18 Å². The SMILES string of the molecule is O=CC1CN=C(c2ncccc2F)c2c(ccc(Br)c2Cl)N1. The number of benzene rings is 1. The summed E-state index contributed by atoms with van der Waals surface area (Å²) in [6.45, 7) is 0.178. The number of aromatic nitrogens is 1. The van der Waals surface area contributed by atoms with Crippen LogP contribution in [-0.4, -0.2) is 29.6 Å². The van der Waals surface area contributed by atoms with Gasteiger partial charge in [-0.15, -0.1) is 0 Å². The van der Waals surface area contributed by atoms with E-state index in [9.17, 15) is 9.18 Å². The predicted molar refractivity (Wildman–Crippen MR) is 87.3 cm³/mol. The van der Waals surface area contributed by atoms with Gasteiger partial charge in [0.1, 0.15) is 18.0 Å². The number of nitrogens with zero attached hydrogens (tertiary/aromatic N) is 2. The van der Waals surface area contributed by atoms with Gasteiger partial charge in [0.15, 0.2) is 5.82 Å². The highest BCUT2D eigenvalue weighted by atomic mass is 79.9. The van der Waals surface area contributed by atoms with Crippen molar-refractivity contribution in [1.29, 1.82) is 0 Å². The van der Waals surface area contributed by atoms with Gasteiger partial charge >= 0.3 is 0 Å². The molecule has 4 nitrogen and oxygen atoms in total. The van der Waals surface area contributed by atoms with Crippen molar-refractivity contribution in [3.63, 3.8) is 0 Å². The van der Waals surface area contributed by atoms with E-state index in [1.807, 2.05) is 0 Å². The summed E-state index contributed by atoms with van der Waals surface area (Å²) in [5.74, 6) is -0.493. The van der Waals surface area contributed by atoms with Gasteiger partial charge < -0.3 is 10.1 Å². The number of fused-ring (bicyclic) bond motifs is 1. The molecule has 2 heterocycles. The van der Waals surface area contributed by atoms with Gasteiger partial charge in [0.05, 0.1) is 17.3 Å². The average Bonchev–Trinajstić information content (AvgIpc) is 2.71. The first kappa shape index (κ1) is 15.1.